The summed E-state index contributed by atoms with van der Waals surface area (Å²) in [5, 5.41) is 0. The third-order valence-corrected chi connectivity index (χ3v) is 3.28. The molecule has 0 N–H and O–H groups in total. The highest BCUT2D eigenvalue weighted by molar-refractivity contribution is 5.58. The third-order valence-electron chi connectivity index (χ3n) is 3.28. The van der Waals surface area contributed by atoms with Crippen molar-refractivity contribution < 1.29 is 0 Å². The van der Waals surface area contributed by atoms with Gasteiger partial charge < -0.3 is 0 Å². The number of aromatic nitrogens is 4. The second-order valence-corrected chi connectivity index (χ2v) is 4.90. The normalized spacial score (nSPS) is 7.44. The van der Waals surface area contributed by atoms with Crippen molar-refractivity contribution in [2.75, 3.05) is 0 Å². The zero-order valence-corrected chi connectivity index (χ0v) is 25.0. The van der Waals surface area contributed by atoms with E-state index in [4.69, 9.17) is 0 Å². The number of nitrogens with zero attached hydrogens (tertiary/aromatic N) is 4. The van der Waals surface area contributed by atoms with Crippen LogP contribution in [0, 0.1) is 0 Å². The van der Waals surface area contributed by atoms with Gasteiger partial charge >= 0.3 is 0 Å². The maximum Gasteiger partial charge on any atom is 0.0703 e. The predicted molar refractivity (Wildman–Crippen MR) is 163 cm³/mol. The molecule has 0 aliphatic carbocycles. The van der Waals surface area contributed by atoms with Gasteiger partial charge in [-0.15, -0.1) is 0 Å². The molecule has 0 atom stereocenters. The van der Waals surface area contributed by atoms with Gasteiger partial charge in [0.15, 0.2) is 0 Å². The highest BCUT2D eigenvalue weighted by Crippen LogP contribution is 2.14. The van der Waals surface area contributed by atoms with Gasteiger partial charge in [-0.1, -0.05) is 95.2 Å². The minimum atomic E-state index is 0.986. The summed E-state index contributed by atoms with van der Waals surface area (Å²) in [6.07, 6.45) is 10.6. The molecule has 200 valence electrons. The molecule has 0 aromatic carbocycles. The number of pyridine rings is 4. The molecule has 4 aromatic rings. The fourth-order valence-corrected chi connectivity index (χ4v) is 2.11. The lowest BCUT2D eigenvalue weighted by Gasteiger charge is -1.96. The van der Waals surface area contributed by atoms with E-state index in [9.17, 15) is 0 Å². The summed E-state index contributed by atoms with van der Waals surface area (Å²) < 4.78 is 0. The summed E-state index contributed by atoms with van der Waals surface area (Å²) >= 11 is 0. The second-order valence-electron chi connectivity index (χ2n) is 4.90. The van der Waals surface area contributed by atoms with E-state index in [0.29, 0.717) is 0 Å². The Balaban J connectivity index is -0.000000202. The molecule has 0 saturated heterocycles. The van der Waals surface area contributed by atoms with Crippen LogP contribution in [0.1, 0.15) is 83.1 Å². The van der Waals surface area contributed by atoms with Crippen molar-refractivity contribution in [2.24, 2.45) is 0 Å². The van der Waals surface area contributed by atoms with Crippen molar-refractivity contribution in [1.82, 2.24) is 19.9 Å². The van der Waals surface area contributed by atoms with Crippen LogP contribution < -0.4 is 0 Å². The highest BCUT2D eigenvalue weighted by atomic mass is 14.7. The zero-order valence-electron chi connectivity index (χ0n) is 25.0. The molecule has 4 heteroatoms. The van der Waals surface area contributed by atoms with Crippen molar-refractivity contribution in [3.05, 3.63) is 97.8 Å². The van der Waals surface area contributed by atoms with Crippen LogP contribution in [0.4, 0.5) is 0 Å². The lowest BCUT2D eigenvalue weighted by molar-refractivity contribution is 1.29. The molecule has 0 spiro atoms. The largest absolute Gasteiger partial charge is 0.265 e. The molecular formula is C32H52N4. The Hall–Kier alpha value is -3.40. The lowest BCUT2D eigenvalue weighted by atomic mass is 10.2. The van der Waals surface area contributed by atoms with E-state index in [2.05, 4.69) is 19.9 Å². The number of hydrogen-bond donors (Lipinski definition) is 0. The van der Waals surface area contributed by atoms with Gasteiger partial charge in [0, 0.05) is 48.3 Å². The summed E-state index contributed by atoms with van der Waals surface area (Å²) in [5.41, 5.74) is 4.18. The molecule has 0 fully saturated rings. The van der Waals surface area contributed by atoms with Gasteiger partial charge in [-0.2, -0.15) is 0 Å². The van der Waals surface area contributed by atoms with E-state index in [1.807, 2.05) is 144 Å². The average molecular weight is 493 g/mol. The minimum Gasteiger partial charge on any atom is -0.265 e. The van der Waals surface area contributed by atoms with Crippen molar-refractivity contribution in [3.63, 3.8) is 0 Å². The fourth-order valence-electron chi connectivity index (χ4n) is 2.11. The van der Waals surface area contributed by atoms with E-state index in [1.165, 1.54) is 0 Å². The van der Waals surface area contributed by atoms with Crippen molar-refractivity contribution in [2.45, 2.75) is 83.1 Å². The molecule has 4 rings (SSSR count). The van der Waals surface area contributed by atoms with Crippen LogP contribution >= 0.6 is 0 Å². The fraction of sp³-hybridized carbons (Fsp3) is 0.375. The molecule has 4 heterocycles. The van der Waals surface area contributed by atoms with Gasteiger partial charge in [-0.05, 0) is 48.5 Å². The van der Waals surface area contributed by atoms with Crippen LogP contribution in [0.15, 0.2) is 97.8 Å². The third kappa shape index (κ3) is 20.0. The Labute approximate surface area is 223 Å². The molecule has 0 radical (unpaired) electrons. The first-order valence-corrected chi connectivity index (χ1v) is 13.6. The Bertz CT molecular complexity index is 688. The lowest BCUT2D eigenvalue weighted by Crippen LogP contribution is -1.80. The van der Waals surface area contributed by atoms with Crippen LogP contribution in [-0.4, -0.2) is 19.9 Å². The van der Waals surface area contributed by atoms with Crippen LogP contribution in [-0.2, 0) is 0 Å². The maximum absolute atomic E-state index is 4.22. The van der Waals surface area contributed by atoms with Gasteiger partial charge in [0.25, 0.3) is 0 Å². The molecule has 4 nitrogen and oxygen atoms in total. The standard InChI is InChI=1S/2C10H8N2.6C2H6/c2*1-2-6-12-10(3-1)9-4-7-11-8-5-9;6*1-2/h2*1-8H;6*1-2H3. The highest BCUT2D eigenvalue weighted by Gasteiger charge is 1.95. The molecule has 36 heavy (non-hydrogen) atoms. The van der Waals surface area contributed by atoms with Gasteiger partial charge in [0.05, 0.1) is 11.4 Å². The summed E-state index contributed by atoms with van der Waals surface area (Å²) in [6.45, 7) is 24.0. The molecule has 0 unspecified atom stereocenters. The quantitative estimate of drug-likeness (QED) is 0.279. The summed E-state index contributed by atoms with van der Waals surface area (Å²) in [5.74, 6) is 0. The SMILES string of the molecule is CC.CC.CC.CC.CC.CC.c1ccc(-c2ccncc2)nc1.c1ccc(-c2ccncc2)nc1. The Kier molecular flexibility index (Phi) is 40.0. The van der Waals surface area contributed by atoms with Gasteiger partial charge in [0.2, 0.25) is 0 Å². The van der Waals surface area contributed by atoms with Gasteiger partial charge in [0.1, 0.15) is 0 Å². The first kappa shape index (κ1) is 39.8. The Morgan fingerprint density at radius 3 is 0.833 bits per heavy atom. The van der Waals surface area contributed by atoms with Crippen molar-refractivity contribution in [3.8, 4) is 22.5 Å². The molecule has 0 aliphatic heterocycles. The van der Waals surface area contributed by atoms with E-state index >= 15 is 0 Å². The van der Waals surface area contributed by atoms with Gasteiger partial charge in [-0.3, -0.25) is 19.9 Å². The van der Waals surface area contributed by atoms with Crippen molar-refractivity contribution >= 4 is 0 Å². The molecular weight excluding hydrogens is 440 g/mol. The minimum absolute atomic E-state index is 0.986. The topological polar surface area (TPSA) is 51.6 Å². The second kappa shape index (κ2) is 36.2. The molecule has 4 aromatic heterocycles. The Morgan fingerprint density at radius 1 is 0.333 bits per heavy atom. The average Bonchev–Trinajstić information content (AvgIpc) is 3.05. The number of hydrogen-bond acceptors (Lipinski definition) is 4. The monoisotopic (exact) mass is 492 g/mol. The molecule has 0 amide bonds. The van der Waals surface area contributed by atoms with Crippen LogP contribution in [0.25, 0.3) is 22.5 Å². The van der Waals surface area contributed by atoms with Crippen LogP contribution in [0.3, 0.4) is 0 Å². The number of rotatable bonds is 2. The van der Waals surface area contributed by atoms with E-state index in [1.54, 1.807) is 37.2 Å². The van der Waals surface area contributed by atoms with E-state index in [0.717, 1.165) is 22.5 Å². The predicted octanol–water partition coefficient (Wildman–Crippen LogP) is 10.4. The van der Waals surface area contributed by atoms with Gasteiger partial charge in [-0.25, -0.2) is 0 Å². The summed E-state index contributed by atoms with van der Waals surface area (Å²) in [6, 6.07) is 19.5. The van der Waals surface area contributed by atoms with Crippen LogP contribution in [0.5, 0.6) is 0 Å². The Morgan fingerprint density at radius 2 is 0.611 bits per heavy atom. The van der Waals surface area contributed by atoms with E-state index in [-0.39, 0.29) is 0 Å². The summed E-state index contributed by atoms with van der Waals surface area (Å²) in [7, 11) is 0. The van der Waals surface area contributed by atoms with E-state index < -0.39 is 0 Å². The molecule has 0 aliphatic rings. The molecule has 0 saturated carbocycles. The first-order valence-electron chi connectivity index (χ1n) is 13.6. The molecule has 0 bridgehead atoms. The smallest absolute Gasteiger partial charge is 0.0703 e. The zero-order chi connectivity index (χ0) is 28.5. The first-order chi connectivity index (χ1) is 17.9. The van der Waals surface area contributed by atoms with Crippen LogP contribution in [0.2, 0.25) is 0 Å². The van der Waals surface area contributed by atoms with Crippen molar-refractivity contribution in [1.29, 1.82) is 0 Å². The summed E-state index contributed by atoms with van der Waals surface area (Å²) in [4.78, 5) is 16.3. The maximum atomic E-state index is 4.22.